The molecule has 0 bridgehead atoms. The minimum Gasteiger partial charge on any atom is -0.483 e. The number of fused-ring (bicyclic) bond motifs is 1. The number of nitro benzene ring substituents is 1. The van der Waals surface area contributed by atoms with Gasteiger partial charge < -0.3 is 4.74 Å². The third-order valence-electron chi connectivity index (χ3n) is 4.46. The topological polar surface area (TPSA) is 118 Å². The Morgan fingerprint density at radius 3 is 2.41 bits per heavy atom. The lowest BCUT2D eigenvalue weighted by Gasteiger charge is -2.35. The zero-order valence-electron chi connectivity index (χ0n) is 14.6. The maximum Gasteiger partial charge on any atom is 0.335 e. The molecule has 10 heteroatoms. The molecule has 2 aromatic rings. The zero-order chi connectivity index (χ0) is 20.1. The van der Waals surface area contributed by atoms with Crippen molar-refractivity contribution in [2.75, 3.05) is 0 Å². The Kier molecular flexibility index (Phi) is 4.38. The van der Waals surface area contributed by atoms with Crippen molar-refractivity contribution in [3.63, 3.8) is 0 Å². The van der Waals surface area contributed by atoms with Crippen molar-refractivity contribution in [2.45, 2.75) is 26.4 Å². The van der Waals surface area contributed by atoms with Crippen molar-refractivity contribution < 1.29 is 14.6 Å². The van der Waals surface area contributed by atoms with Gasteiger partial charge in [0.1, 0.15) is 11.4 Å². The number of rotatable bonds is 3. The van der Waals surface area contributed by atoms with Crippen LogP contribution >= 0.6 is 15.9 Å². The highest BCUT2D eigenvalue weighted by Crippen LogP contribution is 2.42. The van der Waals surface area contributed by atoms with Crippen LogP contribution in [0.1, 0.15) is 26.3 Å². The molecule has 27 heavy (non-hydrogen) atoms. The van der Waals surface area contributed by atoms with Gasteiger partial charge in [-0.25, -0.2) is 0 Å². The first-order valence-electron chi connectivity index (χ1n) is 7.79. The van der Waals surface area contributed by atoms with Gasteiger partial charge in [-0.2, -0.15) is 0 Å². The fourth-order valence-electron chi connectivity index (χ4n) is 2.89. The molecular formula is C17H14BrN3O6. The number of nitrogens with zero attached hydrogens (tertiary/aromatic N) is 3. The minimum absolute atomic E-state index is 0.181. The molecule has 0 radical (unpaired) electrons. The van der Waals surface area contributed by atoms with Gasteiger partial charge in [0.05, 0.1) is 15.5 Å². The van der Waals surface area contributed by atoms with E-state index in [0.29, 0.717) is 27.1 Å². The SMILES string of the molecule is CC1=C(n2cc(Br)cc([N+](=O)[O-])c2=O)c2cc([N+](=O)[O-])ccc2OC1(C)C. The van der Waals surface area contributed by atoms with Gasteiger partial charge in [0.25, 0.3) is 5.69 Å². The van der Waals surface area contributed by atoms with Crippen LogP contribution in [-0.4, -0.2) is 20.0 Å². The molecule has 1 aromatic carbocycles. The molecule has 2 heterocycles. The van der Waals surface area contributed by atoms with E-state index in [9.17, 15) is 25.0 Å². The maximum atomic E-state index is 12.7. The summed E-state index contributed by atoms with van der Waals surface area (Å²) in [5, 5.41) is 22.4. The van der Waals surface area contributed by atoms with Crippen LogP contribution in [0.25, 0.3) is 5.70 Å². The predicted octanol–water partition coefficient (Wildman–Crippen LogP) is 3.88. The lowest BCUT2D eigenvalue weighted by Crippen LogP contribution is -2.36. The molecule has 1 aliphatic heterocycles. The van der Waals surface area contributed by atoms with Crippen molar-refractivity contribution in [1.82, 2.24) is 4.57 Å². The average molecular weight is 436 g/mol. The van der Waals surface area contributed by atoms with Crippen molar-refractivity contribution >= 4 is 33.0 Å². The Bertz CT molecular complexity index is 1090. The minimum atomic E-state index is -0.840. The number of aromatic nitrogens is 1. The molecule has 1 aromatic heterocycles. The molecule has 0 atom stereocenters. The quantitative estimate of drug-likeness (QED) is 0.533. The Labute approximate surface area is 161 Å². The molecule has 0 fully saturated rings. The summed E-state index contributed by atoms with van der Waals surface area (Å²) in [4.78, 5) is 33.9. The molecule has 0 unspecified atom stereocenters. The van der Waals surface area contributed by atoms with Crippen molar-refractivity contribution in [3.8, 4) is 5.75 Å². The van der Waals surface area contributed by atoms with Gasteiger partial charge in [-0.1, -0.05) is 0 Å². The Morgan fingerprint density at radius 2 is 1.81 bits per heavy atom. The van der Waals surface area contributed by atoms with Crippen LogP contribution in [0.15, 0.2) is 45.3 Å². The van der Waals surface area contributed by atoms with Crippen molar-refractivity contribution in [3.05, 3.63) is 76.7 Å². The van der Waals surface area contributed by atoms with Gasteiger partial charge in [-0.15, -0.1) is 0 Å². The second kappa shape index (κ2) is 6.31. The predicted molar refractivity (Wildman–Crippen MR) is 101 cm³/mol. The molecule has 0 saturated carbocycles. The number of hydrogen-bond acceptors (Lipinski definition) is 6. The first-order chi connectivity index (χ1) is 12.5. The highest BCUT2D eigenvalue weighted by Gasteiger charge is 2.35. The van der Waals surface area contributed by atoms with Crippen LogP contribution in [0.4, 0.5) is 11.4 Å². The van der Waals surface area contributed by atoms with Crippen LogP contribution in [0.2, 0.25) is 0 Å². The molecule has 140 valence electrons. The maximum absolute atomic E-state index is 12.7. The summed E-state index contributed by atoms with van der Waals surface area (Å²) in [6.07, 6.45) is 1.40. The lowest BCUT2D eigenvalue weighted by molar-refractivity contribution is -0.386. The van der Waals surface area contributed by atoms with Gasteiger partial charge >= 0.3 is 11.2 Å². The Morgan fingerprint density at radius 1 is 1.15 bits per heavy atom. The van der Waals surface area contributed by atoms with Gasteiger partial charge in [0.15, 0.2) is 0 Å². The molecule has 9 nitrogen and oxygen atoms in total. The zero-order valence-corrected chi connectivity index (χ0v) is 16.1. The fraction of sp³-hybridized carbons (Fsp3) is 0.235. The first kappa shape index (κ1) is 18.8. The van der Waals surface area contributed by atoms with Crippen LogP contribution in [0, 0.1) is 20.2 Å². The van der Waals surface area contributed by atoms with E-state index in [1.165, 1.54) is 24.4 Å². The number of non-ortho nitro benzene ring substituents is 1. The largest absolute Gasteiger partial charge is 0.483 e. The van der Waals surface area contributed by atoms with E-state index in [4.69, 9.17) is 4.74 Å². The van der Waals surface area contributed by atoms with E-state index in [1.54, 1.807) is 20.8 Å². The number of benzene rings is 1. The van der Waals surface area contributed by atoms with Gasteiger partial charge in [-0.05, 0) is 48.3 Å². The third kappa shape index (κ3) is 3.12. The lowest BCUT2D eigenvalue weighted by atomic mass is 9.90. The van der Waals surface area contributed by atoms with E-state index >= 15 is 0 Å². The summed E-state index contributed by atoms with van der Waals surface area (Å²) in [5.74, 6) is 0.348. The van der Waals surface area contributed by atoms with E-state index in [1.807, 2.05) is 0 Å². The molecule has 0 spiro atoms. The highest BCUT2D eigenvalue weighted by molar-refractivity contribution is 9.10. The van der Waals surface area contributed by atoms with Gasteiger partial charge in [0.2, 0.25) is 0 Å². The summed E-state index contributed by atoms with van der Waals surface area (Å²) >= 11 is 3.18. The summed E-state index contributed by atoms with van der Waals surface area (Å²) in [6, 6.07) is 5.18. The smallest absolute Gasteiger partial charge is 0.335 e. The van der Waals surface area contributed by atoms with Crippen molar-refractivity contribution in [2.24, 2.45) is 0 Å². The second-order valence-electron chi connectivity index (χ2n) is 6.50. The molecule has 1 aliphatic rings. The van der Waals surface area contributed by atoms with Crippen LogP contribution in [0.3, 0.4) is 0 Å². The van der Waals surface area contributed by atoms with Crippen molar-refractivity contribution in [1.29, 1.82) is 0 Å². The molecule has 0 aliphatic carbocycles. The summed E-state index contributed by atoms with van der Waals surface area (Å²) < 4.78 is 7.38. The summed E-state index contributed by atoms with van der Waals surface area (Å²) in [6.45, 7) is 5.28. The Balaban J connectivity index is 2.41. The monoisotopic (exact) mass is 435 g/mol. The number of ether oxygens (including phenoxy) is 1. The van der Waals surface area contributed by atoms with Crippen LogP contribution in [-0.2, 0) is 0 Å². The highest BCUT2D eigenvalue weighted by atomic mass is 79.9. The fourth-order valence-corrected chi connectivity index (χ4v) is 3.31. The van der Waals surface area contributed by atoms with Crippen LogP contribution in [0.5, 0.6) is 5.75 Å². The summed E-state index contributed by atoms with van der Waals surface area (Å²) in [7, 11) is 0. The summed E-state index contributed by atoms with van der Waals surface area (Å²) in [5.41, 5.74) is -1.22. The molecule has 0 amide bonds. The second-order valence-corrected chi connectivity index (χ2v) is 7.42. The third-order valence-corrected chi connectivity index (χ3v) is 4.89. The molecular weight excluding hydrogens is 422 g/mol. The normalized spacial score (nSPS) is 15.1. The number of nitro groups is 2. The van der Waals surface area contributed by atoms with E-state index < -0.39 is 26.7 Å². The molecule has 0 N–H and O–H groups in total. The van der Waals surface area contributed by atoms with E-state index in [-0.39, 0.29) is 5.69 Å². The molecule has 3 rings (SSSR count). The van der Waals surface area contributed by atoms with Crippen LogP contribution < -0.4 is 10.3 Å². The van der Waals surface area contributed by atoms with E-state index in [2.05, 4.69) is 15.9 Å². The standard InChI is InChI=1S/C17H14BrN3O6/c1-9-15(19-8-10(18)6-13(16(19)22)21(25)26)12-7-11(20(23)24)4-5-14(12)27-17(9,2)3/h4-8H,1-3H3. The number of hydrogen-bond donors (Lipinski definition) is 0. The first-order valence-corrected chi connectivity index (χ1v) is 8.58. The molecule has 0 saturated heterocycles. The number of pyridine rings is 1. The average Bonchev–Trinajstić information content (AvgIpc) is 2.57. The van der Waals surface area contributed by atoms with Gasteiger partial charge in [0, 0.05) is 34.4 Å². The van der Waals surface area contributed by atoms with E-state index in [0.717, 1.165) is 10.6 Å². The number of halogens is 1. The Hall–Kier alpha value is -3.01. The van der Waals surface area contributed by atoms with Gasteiger partial charge in [-0.3, -0.25) is 29.6 Å².